The maximum absolute atomic E-state index is 12.7. The Labute approximate surface area is 199 Å². The highest BCUT2D eigenvalue weighted by molar-refractivity contribution is 7.89. The van der Waals surface area contributed by atoms with E-state index in [4.69, 9.17) is 9.47 Å². The van der Waals surface area contributed by atoms with Crippen LogP contribution in [0.25, 0.3) is 0 Å². The van der Waals surface area contributed by atoms with E-state index in [0.29, 0.717) is 44.2 Å². The zero-order valence-corrected chi connectivity index (χ0v) is 19.7. The van der Waals surface area contributed by atoms with E-state index in [1.165, 1.54) is 12.1 Å². The lowest BCUT2D eigenvalue weighted by atomic mass is 10.1. The number of likely N-dealkylation sites (tertiary alicyclic amines) is 1. The van der Waals surface area contributed by atoms with Gasteiger partial charge in [0.25, 0.3) is 0 Å². The highest BCUT2D eigenvalue weighted by Crippen LogP contribution is 2.31. The van der Waals surface area contributed by atoms with E-state index < -0.39 is 10.0 Å². The van der Waals surface area contributed by atoms with Crippen LogP contribution in [0.5, 0.6) is 11.5 Å². The van der Waals surface area contributed by atoms with E-state index >= 15 is 0 Å². The Morgan fingerprint density at radius 3 is 2.53 bits per heavy atom. The summed E-state index contributed by atoms with van der Waals surface area (Å²) in [7, 11) is -3.83. The van der Waals surface area contributed by atoms with Crippen molar-refractivity contribution in [3.8, 4) is 11.5 Å². The van der Waals surface area contributed by atoms with Gasteiger partial charge in [0, 0.05) is 45.0 Å². The zero-order valence-electron chi connectivity index (χ0n) is 18.9. The second-order valence-corrected chi connectivity index (χ2v) is 10.0. The molecule has 2 aromatic carbocycles. The number of amides is 2. The van der Waals surface area contributed by atoms with Gasteiger partial charge in [-0.3, -0.25) is 9.59 Å². The molecule has 2 aliphatic heterocycles. The zero-order chi connectivity index (χ0) is 24.0. The summed E-state index contributed by atoms with van der Waals surface area (Å²) >= 11 is 0. The smallest absolute Gasteiger partial charge is 0.240 e. The molecule has 182 valence electrons. The molecule has 9 nitrogen and oxygen atoms in total. The summed E-state index contributed by atoms with van der Waals surface area (Å²) in [6, 6.07) is 13.5. The van der Waals surface area contributed by atoms with Gasteiger partial charge in [0.15, 0.2) is 11.5 Å². The molecule has 0 spiro atoms. The monoisotopic (exact) mass is 487 g/mol. The van der Waals surface area contributed by atoms with E-state index in [-0.39, 0.29) is 35.7 Å². The van der Waals surface area contributed by atoms with Gasteiger partial charge in [-0.05, 0) is 24.1 Å². The topological polar surface area (TPSA) is 114 Å². The molecule has 0 aromatic heterocycles. The van der Waals surface area contributed by atoms with Gasteiger partial charge in [-0.25, -0.2) is 13.1 Å². The van der Waals surface area contributed by atoms with Crippen LogP contribution in [-0.4, -0.2) is 58.0 Å². The molecule has 0 radical (unpaired) electrons. The largest absolute Gasteiger partial charge is 0.490 e. The van der Waals surface area contributed by atoms with Crippen molar-refractivity contribution < 1.29 is 27.5 Å². The van der Waals surface area contributed by atoms with Gasteiger partial charge < -0.3 is 19.7 Å². The fourth-order valence-corrected chi connectivity index (χ4v) is 5.04. The number of sulfonamides is 1. The average molecular weight is 488 g/mol. The highest BCUT2D eigenvalue weighted by Gasteiger charge is 2.25. The fraction of sp³-hybridized carbons (Fsp3) is 0.417. The molecule has 2 amide bonds. The number of nitrogens with zero attached hydrogens (tertiary/aromatic N) is 1. The maximum atomic E-state index is 12.7. The van der Waals surface area contributed by atoms with Crippen molar-refractivity contribution in [3.63, 3.8) is 0 Å². The van der Waals surface area contributed by atoms with Gasteiger partial charge in [-0.15, -0.1) is 0 Å². The normalized spacial score (nSPS) is 16.7. The molecule has 1 fully saturated rings. The first kappa shape index (κ1) is 24.0. The third-order valence-corrected chi connectivity index (χ3v) is 7.24. The van der Waals surface area contributed by atoms with E-state index in [2.05, 4.69) is 10.0 Å². The van der Waals surface area contributed by atoms with Gasteiger partial charge in [0.05, 0.1) is 24.2 Å². The van der Waals surface area contributed by atoms with Crippen LogP contribution in [-0.2, 0) is 19.6 Å². The molecule has 0 aliphatic carbocycles. The lowest BCUT2D eigenvalue weighted by molar-refractivity contribution is -0.129. The van der Waals surface area contributed by atoms with Crippen LogP contribution in [0.3, 0.4) is 0 Å². The summed E-state index contributed by atoms with van der Waals surface area (Å²) in [6.45, 7) is 1.97. The quantitative estimate of drug-likeness (QED) is 0.559. The van der Waals surface area contributed by atoms with Crippen LogP contribution < -0.4 is 19.5 Å². The van der Waals surface area contributed by atoms with Crippen LogP contribution in [0.15, 0.2) is 53.4 Å². The SMILES string of the molecule is O=C(CCNS(=O)(=O)c1ccc2c(c1)OCCCO2)NC(CN1CCCC1=O)c1ccccc1. The Morgan fingerprint density at radius 1 is 1.03 bits per heavy atom. The molecule has 10 heteroatoms. The summed E-state index contributed by atoms with van der Waals surface area (Å²) in [5.74, 6) is 0.680. The first-order chi connectivity index (χ1) is 16.4. The number of rotatable bonds is 9. The van der Waals surface area contributed by atoms with Crippen molar-refractivity contribution in [2.75, 3.05) is 32.8 Å². The third kappa shape index (κ3) is 6.06. The van der Waals surface area contributed by atoms with Crippen LogP contribution >= 0.6 is 0 Å². The summed E-state index contributed by atoms with van der Waals surface area (Å²) in [4.78, 5) is 26.5. The molecule has 0 bridgehead atoms. The first-order valence-electron chi connectivity index (χ1n) is 11.4. The van der Waals surface area contributed by atoms with Crippen LogP contribution in [0.4, 0.5) is 0 Å². The highest BCUT2D eigenvalue weighted by atomic mass is 32.2. The molecular formula is C24H29N3O6S. The summed E-state index contributed by atoms with van der Waals surface area (Å²) in [5.41, 5.74) is 0.892. The van der Waals surface area contributed by atoms with Gasteiger partial charge in [-0.1, -0.05) is 30.3 Å². The molecule has 2 heterocycles. The molecule has 34 heavy (non-hydrogen) atoms. The molecule has 2 N–H and O–H groups in total. The van der Waals surface area contributed by atoms with Crippen LogP contribution in [0, 0.1) is 0 Å². The van der Waals surface area contributed by atoms with E-state index in [1.807, 2.05) is 30.3 Å². The Hall–Kier alpha value is -3.11. The van der Waals surface area contributed by atoms with Crippen molar-refractivity contribution in [2.24, 2.45) is 0 Å². The van der Waals surface area contributed by atoms with Crippen LogP contribution in [0.1, 0.15) is 37.3 Å². The van der Waals surface area contributed by atoms with Crippen molar-refractivity contribution in [1.82, 2.24) is 14.9 Å². The van der Waals surface area contributed by atoms with E-state index in [0.717, 1.165) is 18.4 Å². The molecule has 1 unspecified atom stereocenters. The van der Waals surface area contributed by atoms with Crippen LogP contribution in [0.2, 0.25) is 0 Å². The summed E-state index contributed by atoms with van der Waals surface area (Å²) in [6.07, 6.45) is 2.02. The minimum absolute atomic E-state index is 0.0406. The average Bonchev–Trinajstić information content (AvgIpc) is 3.08. The van der Waals surface area contributed by atoms with Crippen molar-refractivity contribution in [3.05, 3.63) is 54.1 Å². The molecule has 1 atom stereocenters. The Kier molecular flexibility index (Phi) is 7.69. The minimum atomic E-state index is -3.83. The first-order valence-corrected chi connectivity index (χ1v) is 12.9. The van der Waals surface area contributed by atoms with E-state index in [1.54, 1.807) is 11.0 Å². The lowest BCUT2D eigenvalue weighted by Gasteiger charge is -2.25. The Balaban J connectivity index is 1.34. The van der Waals surface area contributed by atoms with Gasteiger partial charge >= 0.3 is 0 Å². The van der Waals surface area contributed by atoms with E-state index in [9.17, 15) is 18.0 Å². The van der Waals surface area contributed by atoms with Gasteiger partial charge in [0.1, 0.15) is 0 Å². The molecule has 1 saturated heterocycles. The third-order valence-electron chi connectivity index (χ3n) is 5.78. The number of fused-ring (bicyclic) bond motifs is 1. The number of benzene rings is 2. The fourth-order valence-electron chi connectivity index (χ4n) is 4.00. The predicted molar refractivity (Wildman–Crippen MR) is 125 cm³/mol. The summed E-state index contributed by atoms with van der Waals surface area (Å²) in [5, 5.41) is 2.95. The standard InChI is InChI=1S/C24H29N3O6S/c28-23(26-20(18-6-2-1-3-7-18)17-27-13-4-8-24(27)29)11-12-25-34(30,31)19-9-10-21-22(16-19)33-15-5-14-32-21/h1-3,6-7,9-10,16,20,25H,4-5,8,11-15,17H2,(H,26,28). The number of ether oxygens (including phenoxy) is 2. The minimum Gasteiger partial charge on any atom is -0.490 e. The second kappa shape index (κ2) is 10.9. The lowest BCUT2D eigenvalue weighted by Crippen LogP contribution is -2.39. The summed E-state index contributed by atoms with van der Waals surface area (Å²) < 4.78 is 39.0. The Morgan fingerprint density at radius 2 is 1.79 bits per heavy atom. The number of carbonyl (C=O) groups excluding carboxylic acids is 2. The molecule has 2 aromatic rings. The molecular weight excluding hydrogens is 458 g/mol. The second-order valence-electron chi connectivity index (χ2n) is 8.28. The number of nitrogens with one attached hydrogen (secondary N) is 2. The number of hydrogen-bond acceptors (Lipinski definition) is 6. The van der Waals surface area contributed by atoms with Gasteiger partial charge in [-0.2, -0.15) is 0 Å². The molecule has 0 saturated carbocycles. The van der Waals surface area contributed by atoms with Gasteiger partial charge in [0.2, 0.25) is 21.8 Å². The maximum Gasteiger partial charge on any atom is 0.240 e. The van der Waals surface area contributed by atoms with Crippen molar-refractivity contribution in [1.29, 1.82) is 0 Å². The number of hydrogen-bond donors (Lipinski definition) is 2. The Bertz CT molecular complexity index is 1120. The molecule has 4 rings (SSSR count). The number of carbonyl (C=O) groups is 2. The van der Waals surface area contributed by atoms with Crippen molar-refractivity contribution >= 4 is 21.8 Å². The predicted octanol–water partition coefficient (Wildman–Crippen LogP) is 2.00. The molecule has 2 aliphatic rings. The van der Waals surface area contributed by atoms with Crippen molar-refractivity contribution in [2.45, 2.75) is 36.6 Å².